The van der Waals surface area contributed by atoms with E-state index in [9.17, 15) is 10.1 Å². The monoisotopic (exact) mass is 273 g/mol. The fourth-order valence-corrected chi connectivity index (χ4v) is 1.52. The van der Waals surface area contributed by atoms with Gasteiger partial charge in [-0.15, -0.1) is 0 Å². The topological polar surface area (TPSA) is 93.0 Å². The van der Waals surface area contributed by atoms with E-state index in [4.69, 9.17) is 11.6 Å². The minimum Gasteiger partial charge on any atom is -0.362 e. The Morgan fingerprint density at radius 1 is 1.11 bits per heavy atom. The van der Waals surface area contributed by atoms with E-state index in [1.54, 1.807) is 0 Å². The number of anilines is 2. The number of nitrogens with zero attached hydrogens (tertiary/aromatic N) is 3. The molecule has 0 spiro atoms. The van der Waals surface area contributed by atoms with Gasteiger partial charge in [0.05, 0.1) is 4.92 Å². The lowest BCUT2D eigenvalue weighted by molar-refractivity contribution is -0.383. The van der Waals surface area contributed by atoms with Crippen molar-refractivity contribution in [1.29, 1.82) is 0 Å². The summed E-state index contributed by atoms with van der Waals surface area (Å²) in [5, 5.41) is 16.9. The fraction of sp³-hybridized carbons (Fsp3) is 0.600. The summed E-state index contributed by atoms with van der Waals surface area (Å²) in [6, 6.07) is 0.00290. The van der Waals surface area contributed by atoms with Crippen molar-refractivity contribution >= 4 is 28.9 Å². The van der Waals surface area contributed by atoms with Gasteiger partial charge in [0.25, 0.3) is 0 Å². The summed E-state index contributed by atoms with van der Waals surface area (Å²) < 4.78 is 0. The number of nitrogens with one attached hydrogen (secondary N) is 2. The van der Waals surface area contributed by atoms with Crippen molar-refractivity contribution in [3.8, 4) is 0 Å². The van der Waals surface area contributed by atoms with Crippen LogP contribution >= 0.6 is 11.6 Å². The zero-order valence-electron chi connectivity index (χ0n) is 10.7. The van der Waals surface area contributed by atoms with Crippen LogP contribution in [0.2, 0.25) is 5.28 Å². The van der Waals surface area contributed by atoms with Crippen LogP contribution in [0.1, 0.15) is 27.7 Å². The number of hydrogen-bond acceptors (Lipinski definition) is 6. The minimum atomic E-state index is -0.522. The highest BCUT2D eigenvalue weighted by molar-refractivity contribution is 6.28. The molecule has 1 aromatic rings. The summed E-state index contributed by atoms with van der Waals surface area (Å²) >= 11 is 5.77. The Hall–Kier alpha value is -1.63. The Bertz CT molecular complexity index is 419. The molecule has 0 fully saturated rings. The molecule has 0 atom stereocenters. The molecule has 18 heavy (non-hydrogen) atoms. The second-order valence-corrected chi connectivity index (χ2v) is 4.73. The highest BCUT2D eigenvalue weighted by atomic mass is 35.5. The van der Waals surface area contributed by atoms with Crippen LogP contribution in [-0.2, 0) is 0 Å². The molecule has 0 amide bonds. The van der Waals surface area contributed by atoms with E-state index >= 15 is 0 Å². The van der Waals surface area contributed by atoms with Crippen LogP contribution in [-0.4, -0.2) is 27.0 Å². The molecule has 0 unspecified atom stereocenters. The molecule has 0 aliphatic rings. The standard InChI is InChI=1S/C10H16ClN5O2/c1-5(2)12-8-7(16(17)18)9(13-6(3)4)15-10(11)14-8/h5-6H,1-4H3,(H2,12,13,14,15). The molecular formula is C10H16ClN5O2. The van der Waals surface area contributed by atoms with E-state index in [-0.39, 0.29) is 34.7 Å². The lowest BCUT2D eigenvalue weighted by atomic mass is 10.3. The summed E-state index contributed by atoms with van der Waals surface area (Å²) in [5.41, 5.74) is -0.193. The summed E-state index contributed by atoms with van der Waals surface area (Å²) in [6.07, 6.45) is 0. The van der Waals surface area contributed by atoms with Gasteiger partial charge >= 0.3 is 5.69 Å². The van der Waals surface area contributed by atoms with Gasteiger partial charge in [-0.05, 0) is 39.3 Å². The van der Waals surface area contributed by atoms with Crippen molar-refractivity contribution in [2.45, 2.75) is 39.8 Å². The lowest BCUT2D eigenvalue weighted by Gasteiger charge is -2.13. The first kappa shape index (κ1) is 14.4. The van der Waals surface area contributed by atoms with Crippen LogP contribution in [0.3, 0.4) is 0 Å². The molecule has 0 aliphatic carbocycles. The van der Waals surface area contributed by atoms with Gasteiger partial charge in [0.1, 0.15) is 0 Å². The number of hydrogen-bond donors (Lipinski definition) is 2. The van der Waals surface area contributed by atoms with Gasteiger partial charge in [-0.25, -0.2) is 0 Å². The third-order valence-corrected chi connectivity index (χ3v) is 2.06. The van der Waals surface area contributed by atoms with Crippen molar-refractivity contribution in [2.75, 3.05) is 10.6 Å². The first-order valence-electron chi connectivity index (χ1n) is 5.56. The molecule has 0 saturated carbocycles. The first-order chi connectivity index (χ1) is 8.31. The Labute approximate surface area is 110 Å². The van der Waals surface area contributed by atoms with Gasteiger partial charge in [-0.2, -0.15) is 9.97 Å². The minimum absolute atomic E-state index is 0.00145. The van der Waals surface area contributed by atoms with E-state index in [2.05, 4.69) is 20.6 Å². The van der Waals surface area contributed by atoms with Crippen LogP contribution in [0, 0.1) is 10.1 Å². The number of aromatic nitrogens is 2. The second-order valence-electron chi connectivity index (χ2n) is 4.39. The third kappa shape index (κ3) is 3.69. The molecule has 0 aromatic carbocycles. The van der Waals surface area contributed by atoms with Crippen LogP contribution in [0.25, 0.3) is 0 Å². The van der Waals surface area contributed by atoms with Crippen LogP contribution < -0.4 is 10.6 Å². The number of nitro groups is 1. The average molecular weight is 274 g/mol. The van der Waals surface area contributed by atoms with Crippen molar-refractivity contribution in [3.63, 3.8) is 0 Å². The van der Waals surface area contributed by atoms with Gasteiger partial charge in [0.15, 0.2) is 0 Å². The number of halogens is 1. The largest absolute Gasteiger partial charge is 0.362 e. The SMILES string of the molecule is CC(C)Nc1nc(Cl)nc(NC(C)C)c1[N+](=O)[O-]. The van der Waals surface area contributed by atoms with Crippen LogP contribution in [0.5, 0.6) is 0 Å². The van der Waals surface area contributed by atoms with Gasteiger partial charge in [0.2, 0.25) is 16.9 Å². The maximum atomic E-state index is 11.1. The molecule has 0 bridgehead atoms. The molecule has 0 saturated heterocycles. The number of rotatable bonds is 5. The molecular weight excluding hydrogens is 258 g/mol. The molecule has 2 N–H and O–H groups in total. The normalized spacial score (nSPS) is 10.8. The van der Waals surface area contributed by atoms with Crippen molar-refractivity contribution < 1.29 is 4.92 Å². The third-order valence-electron chi connectivity index (χ3n) is 1.89. The highest BCUT2D eigenvalue weighted by Gasteiger charge is 2.25. The maximum Gasteiger partial charge on any atom is 0.353 e. The van der Waals surface area contributed by atoms with Gasteiger partial charge in [0, 0.05) is 12.1 Å². The molecule has 8 heteroatoms. The van der Waals surface area contributed by atoms with Crippen molar-refractivity contribution in [3.05, 3.63) is 15.4 Å². The maximum absolute atomic E-state index is 11.1. The Morgan fingerprint density at radius 2 is 1.50 bits per heavy atom. The van der Waals surface area contributed by atoms with Crippen LogP contribution in [0.4, 0.5) is 17.3 Å². The molecule has 0 radical (unpaired) electrons. The molecule has 100 valence electrons. The van der Waals surface area contributed by atoms with Gasteiger partial charge < -0.3 is 10.6 Å². The van der Waals surface area contributed by atoms with Crippen LogP contribution in [0.15, 0.2) is 0 Å². The predicted octanol–water partition coefficient (Wildman–Crippen LogP) is 2.68. The molecule has 1 rings (SSSR count). The summed E-state index contributed by atoms with van der Waals surface area (Å²) in [5.74, 6) is 0.247. The molecule has 7 nitrogen and oxygen atoms in total. The van der Waals surface area contributed by atoms with E-state index in [1.165, 1.54) is 0 Å². The Kier molecular flexibility index (Phi) is 4.66. The summed E-state index contributed by atoms with van der Waals surface area (Å²) in [6.45, 7) is 7.43. The van der Waals surface area contributed by atoms with E-state index in [0.29, 0.717) is 0 Å². The van der Waals surface area contributed by atoms with Crippen molar-refractivity contribution in [2.24, 2.45) is 0 Å². The summed E-state index contributed by atoms with van der Waals surface area (Å²) in [4.78, 5) is 18.3. The predicted molar refractivity (Wildman–Crippen MR) is 71.2 cm³/mol. The Morgan fingerprint density at radius 3 is 1.78 bits per heavy atom. The van der Waals surface area contributed by atoms with E-state index in [0.717, 1.165) is 0 Å². The van der Waals surface area contributed by atoms with E-state index < -0.39 is 4.92 Å². The first-order valence-corrected chi connectivity index (χ1v) is 5.94. The second kappa shape index (κ2) is 5.81. The quantitative estimate of drug-likeness (QED) is 0.487. The average Bonchev–Trinajstić information content (AvgIpc) is 2.12. The van der Waals surface area contributed by atoms with E-state index in [1.807, 2.05) is 27.7 Å². The van der Waals surface area contributed by atoms with Gasteiger partial charge in [-0.3, -0.25) is 10.1 Å². The zero-order valence-corrected chi connectivity index (χ0v) is 11.4. The lowest BCUT2D eigenvalue weighted by Crippen LogP contribution is -2.17. The highest BCUT2D eigenvalue weighted by Crippen LogP contribution is 2.31. The molecule has 1 aromatic heterocycles. The smallest absolute Gasteiger partial charge is 0.353 e. The fourth-order valence-electron chi connectivity index (χ4n) is 1.35. The molecule has 1 heterocycles. The van der Waals surface area contributed by atoms with Gasteiger partial charge in [-0.1, -0.05) is 0 Å². The Balaban J connectivity index is 3.31. The zero-order chi connectivity index (χ0) is 13.9. The molecule has 0 aliphatic heterocycles. The van der Waals surface area contributed by atoms with Crippen molar-refractivity contribution in [1.82, 2.24) is 9.97 Å². The summed E-state index contributed by atoms with van der Waals surface area (Å²) in [7, 11) is 0.